The van der Waals surface area contributed by atoms with E-state index in [1.807, 2.05) is 0 Å². The second kappa shape index (κ2) is 18.3. The molecule has 0 aliphatic carbocycles. The third kappa shape index (κ3) is 32.6. The fourth-order valence-electron chi connectivity index (χ4n) is 0. The van der Waals surface area contributed by atoms with Crippen LogP contribution in [0.3, 0.4) is 0 Å². The van der Waals surface area contributed by atoms with Crippen LogP contribution in [0.5, 0.6) is 0 Å². The topological polar surface area (TPSA) is 0 Å². The summed E-state index contributed by atoms with van der Waals surface area (Å²) in [5.41, 5.74) is 0. The smallest absolute Gasteiger partial charge is 0.316 e. The minimum atomic E-state index is 0. The van der Waals surface area contributed by atoms with E-state index in [1.165, 1.54) is 6.42 Å². The molecule has 0 N–H and O–H groups in total. The Morgan fingerprint density at radius 2 is 1.20 bits per heavy atom. The standard InChI is InChI=1S/C3H8.Li.Mg.3H/c1-3-2;;;;;/h3H2,1-2H3;;;;;. The number of hydrogen-bond donors (Lipinski definition) is 0. The van der Waals surface area contributed by atoms with E-state index in [4.69, 9.17) is 0 Å². The summed E-state index contributed by atoms with van der Waals surface area (Å²) in [5, 5.41) is 0. The molecule has 0 saturated carbocycles. The monoisotopic (exact) mass is 78.1 g/mol. The SMILES string of the molecule is CCC.[LiH].[MgH2]. The van der Waals surface area contributed by atoms with E-state index >= 15 is 0 Å². The average Bonchev–Trinajstić information content (AvgIpc) is 0.918. The van der Waals surface area contributed by atoms with Gasteiger partial charge in [-0.2, -0.15) is 0 Å². The molecule has 0 nitrogen and oxygen atoms in total. The molecule has 5 heavy (non-hydrogen) atoms. The van der Waals surface area contributed by atoms with Gasteiger partial charge < -0.3 is 0 Å². The van der Waals surface area contributed by atoms with E-state index < -0.39 is 0 Å². The van der Waals surface area contributed by atoms with Crippen molar-refractivity contribution < 1.29 is 0 Å². The van der Waals surface area contributed by atoms with Gasteiger partial charge in [-0.1, -0.05) is 20.3 Å². The molecular formula is C3H11LiMg. The predicted molar refractivity (Wildman–Crippen MR) is 31.7 cm³/mol. The molecule has 0 aromatic carbocycles. The molecule has 0 aliphatic rings. The molecule has 0 aliphatic heterocycles. The molecule has 0 saturated heterocycles. The van der Waals surface area contributed by atoms with Crippen molar-refractivity contribution in [3.63, 3.8) is 0 Å². The maximum atomic E-state index is 2.12. The summed E-state index contributed by atoms with van der Waals surface area (Å²) < 4.78 is 0. The average molecular weight is 78.4 g/mol. The van der Waals surface area contributed by atoms with E-state index in [9.17, 15) is 0 Å². The zero-order valence-corrected chi connectivity index (χ0v) is 2.71. The Bertz CT molecular complexity index is 6.85. The van der Waals surface area contributed by atoms with E-state index in [1.54, 1.807) is 0 Å². The van der Waals surface area contributed by atoms with Gasteiger partial charge in [0.25, 0.3) is 0 Å². The van der Waals surface area contributed by atoms with Gasteiger partial charge in [0.05, 0.1) is 0 Å². The summed E-state index contributed by atoms with van der Waals surface area (Å²) in [6.07, 6.45) is 1.25. The Morgan fingerprint density at radius 1 is 1.20 bits per heavy atom. The summed E-state index contributed by atoms with van der Waals surface area (Å²) in [4.78, 5) is 0. The third-order valence-electron chi connectivity index (χ3n) is 0. The summed E-state index contributed by atoms with van der Waals surface area (Å²) in [6, 6.07) is 0. The van der Waals surface area contributed by atoms with Gasteiger partial charge in [0.1, 0.15) is 0 Å². The minimum Gasteiger partial charge on any atom is 0.316 e. The fourth-order valence-corrected chi connectivity index (χ4v) is 0. The van der Waals surface area contributed by atoms with Crippen molar-refractivity contribution in [3.05, 3.63) is 0 Å². The van der Waals surface area contributed by atoms with Gasteiger partial charge in [0.15, 0.2) is 0 Å². The maximum Gasteiger partial charge on any atom is 0.316 e. The van der Waals surface area contributed by atoms with Crippen LogP contribution >= 0.6 is 0 Å². The Hall–Kier alpha value is 1.36. The predicted octanol–water partition coefficient (Wildman–Crippen LogP) is -0.148. The Labute approximate surface area is 62.0 Å². The molecule has 2 heteroatoms. The first-order valence-corrected chi connectivity index (χ1v) is 1.41. The molecule has 0 heterocycles. The van der Waals surface area contributed by atoms with Crippen LogP contribution in [0.15, 0.2) is 0 Å². The summed E-state index contributed by atoms with van der Waals surface area (Å²) in [7, 11) is 0. The van der Waals surface area contributed by atoms with Crippen LogP contribution in [0, 0.1) is 0 Å². The fraction of sp³-hybridized carbons (Fsp3) is 1.00. The molecule has 0 aromatic rings. The van der Waals surface area contributed by atoms with Gasteiger partial charge in [0.2, 0.25) is 0 Å². The van der Waals surface area contributed by atoms with Crippen LogP contribution < -0.4 is 0 Å². The van der Waals surface area contributed by atoms with Crippen LogP contribution in [-0.2, 0) is 0 Å². The third-order valence-corrected chi connectivity index (χ3v) is 0. The van der Waals surface area contributed by atoms with Gasteiger partial charge in [-0.3, -0.25) is 0 Å². The van der Waals surface area contributed by atoms with E-state index in [0.29, 0.717) is 0 Å². The molecule has 0 fully saturated rings. The first-order valence-electron chi connectivity index (χ1n) is 1.41. The van der Waals surface area contributed by atoms with Gasteiger partial charge in [-0.25, -0.2) is 0 Å². The van der Waals surface area contributed by atoms with Gasteiger partial charge in [-0.15, -0.1) is 0 Å². The normalized spacial score (nSPS) is 3.60. The summed E-state index contributed by atoms with van der Waals surface area (Å²) >= 11 is 0. The van der Waals surface area contributed by atoms with Gasteiger partial charge in [0, 0.05) is 0 Å². The van der Waals surface area contributed by atoms with Gasteiger partial charge >= 0.3 is 41.9 Å². The van der Waals surface area contributed by atoms with E-state index in [0.717, 1.165) is 0 Å². The molecule has 0 spiro atoms. The molecular weight excluding hydrogens is 67.3 g/mol. The van der Waals surface area contributed by atoms with E-state index in [2.05, 4.69) is 13.8 Å². The largest absolute Gasteiger partial charge is 0.316 e. The van der Waals surface area contributed by atoms with E-state index in [-0.39, 0.29) is 41.9 Å². The van der Waals surface area contributed by atoms with Gasteiger partial charge in [-0.05, 0) is 0 Å². The van der Waals surface area contributed by atoms with Crippen LogP contribution in [0.2, 0.25) is 0 Å². The minimum absolute atomic E-state index is 0. The molecule has 0 radical (unpaired) electrons. The van der Waals surface area contributed by atoms with Crippen molar-refractivity contribution in [1.82, 2.24) is 0 Å². The number of rotatable bonds is 0. The molecule has 0 bridgehead atoms. The quantitative estimate of drug-likeness (QED) is 0.354. The van der Waals surface area contributed by atoms with Crippen LogP contribution in [0.25, 0.3) is 0 Å². The zero-order valence-electron chi connectivity index (χ0n) is 2.71. The first-order chi connectivity index (χ1) is 1.41. The molecule has 26 valence electrons. The maximum absolute atomic E-state index is 2.12. The van der Waals surface area contributed by atoms with Crippen LogP contribution in [-0.4, -0.2) is 41.9 Å². The number of hydrogen-bond acceptors (Lipinski definition) is 0. The Morgan fingerprint density at radius 3 is 1.20 bits per heavy atom. The van der Waals surface area contributed by atoms with Crippen molar-refractivity contribution >= 4 is 41.9 Å². The van der Waals surface area contributed by atoms with Crippen LogP contribution in [0.4, 0.5) is 0 Å². The molecule has 0 atom stereocenters. The van der Waals surface area contributed by atoms with Crippen molar-refractivity contribution in [3.8, 4) is 0 Å². The first kappa shape index (κ1) is 16.2. The van der Waals surface area contributed by atoms with Crippen molar-refractivity contribution in [2.24, 2.45) is 0 Å². The molecule has 0 rings (SSSR count). The second-order valence-corrected chi connectivity index (χ2v) is 0.707. The molecule has 0 amide bonds. The second-order valence-electron chi connectivity index (χ2n) is 0.707. The summed E-state index contributed by atoms with van der Waals surface area (Å²) in [5.74, 6) is 0. The van der Waals surface area contributed by atoms with Crippen molar-refractivity contribution in [2.45, 2.75) is 20.3 Å². The zero-order chi connectivity index (χ0) is 2.71. The molecule has 0 unspecified atom stereocenters. The summed E-state index contributed by atoms with van der Waals surface area (Å²) in [6.45, 7) is 4.25. The van der Waals surface area contributed by atoms with Crippen molar-refractivity contribution in [1.29, 1.82) is 0 Å². The molecule has 0 aromatic heterocycles. The van der Waals surface area contributed by atoms with Crippen LogP contribution in [0.1, 0.15) is 20.3 Å². The Balaban J connectivity index is -0.0000000200. The Kier molecular flexibility index (Phi) is 59.2. The van der Waals surface area contributed by atoms with Crippen molar-refractivity contribution in [2.75, 3.05) is 0 Å².